The lowest BCUT2D eigenvalue weighted by atomic mass is 9.66. The summed E-state index contributed by atoms with van der Waals surface area (Å²) in [6.45, 7) is 8.35. The average molecular weight is 503 g/mol. The second kappa shape index (κ2) is 10.2. The smallest absolute Gasteiger partial charge is 0.310 e. The number of hydrogen-bond donors (Lipinski definition) is 1. The Balaban J connectivity index is 1.78. The van der Waals surface area contributed by atoms with Gasteiger partial charge in [-0.25, -0.2) is 0 Å². The summed E-state index contributed by atoms with van der Waals surface area (Å²) in [5.41, 5.74) is 0.678. The van der Waals surface area contributed by atoms with Crippen molar-refractivity contribution in [2.45, 2.75) is 42.7 Å². The number of likely N-dealkylation sites (tertiary alicyclic amines) is 1. The molecule has 1 N–H and O–H groups in total. The number of nitrogens with zero attached hydrogens (tertiary/aromatic N) is 2. The second-order valence-electron chi connectivity index (χ2n) is 9.35. The van der Waals surface area contributed by atoms with Crippen molar-refractivity contribution in [3.8, 4) is 5.75 Å². The van der Waals surface area contributed by atoms with Gasteiger partial charge in [-0.3, -0.25) is 14.4 Å². The van der Waals surface area contributed by atoms with Gasteiger partial charge in [0.1, 0.15) is 11.8 Å². The molecule has 3 unspecified atom stereocenters. The van der Waals surface area contributed by atoms with Gasteiger partial charge < -0.3 is 24.4 Å². The highest BCUT2D eigenvalue weighted by atomic mass is 32.2. The molecule has 2 amide bonds. The summed E-state index contributed by atoms with van der Waals surface area (Å²) in [6, 6.07) is 6.46. The quantitative estimate of drug-likeness (QED) is 0.388. The van der Waals surface area contributed by atoms with E-state index in [-0.39, 0.29) is 55.3 Å². The molecular weight excluding hydrogens is 468 g/mol. The third kappa shape index (κ3) is 4.02. The molecular formula is C26H34N2O6S. The van der Waals surface area contributed by atoms with Crippen molar-refractivity contribution < 1.29 is 29.0 Å². The number of hydrogen-bond acceptors (Lipinski definition) is 7. The van der Waals surface area contributed by atoms with Crippen LogP contribution in [0.25, 0.3) is 0 Å². The van der Waals surface area contributed by atoms with Crippen LogP contribution in [0.2, 0.25) is 0 Å². The van der Waals surface area contributed by atoms with E-state index in [2.05, 4.69) is 13.5 Å². The molecule has 3 heterocycles. The predicted molar refractivity (Wildman–Crippen MR) is 134 cm³/mol. The largest absolute Gasteiger partial charge is 0.497 e. The number of methoxy groups -OCH3 is 1. The van der Waals surface area contributed by atoms with Gasteiger partial charge in [-0.1, -0.05) is 13.0 Å². The van der Waals surface area contributed by atoms with Gasteiger partial charge in [0.05, 0.1) is 30.3 Å². The maximum atomic E-state index is 14.3. The van der Waals surface area contributed by atoms with Gasteiger partial charge in [-0.2, -0.15) is 0 Å². The summed E-state index contributed by atoms with van der Waals surface area (Å²) < 4.78 is 9.91. The van der Waals surface area contributed by atoms with Crippen LogP contribution in [0.5, 0.6) is 5.75 Å². The first-order valence-corrected chi connectivity index (χ1v) is 13.1. The van der Waals surface area contributed by atoms with Gasteiger partial charge in [0, 0.05) is 30.6 Å². The first-order chi connectivity index (χ1) is 16.8. The number of fused-ring (bicyclic) bond motifs is 1. The van der Waals surface area contributed by atoms with Gasteiger partial charge >= 0.3 is 5.97 Å². The fourth-order valence-corrected chi connectivity index (χ4v) is 8.55. The van der Waals surface area contributed by atoms with Crippen molar-refractivity contribution >= 4 is 35.2 Å². The lowest BCUT2D eigenvalue weighted by Gasteiger charge is -2.40. The van der Waals surface area contributed by atoms with Crippen molar-refractivity contribution in [1.29, 1.82) is 0 Å². The number of amides is 2. The minimum atomic E-state index is -0.752. The van der Waals surface area contributed by atoms with Crippen LogP contribution in [-0.2, 0) is 19.1 Å². The molecule has 0 aliphatic carbocycles. The van der Waals surface area contributed by atoms with Gasteiger partial charge in [-0.15, -0.1) is 18.3 Å². The third-order valence-corrected chi connectivity index (χ3v) is 9.63. The number of carbonyl (C=O) groups excluding carboxylic acids is 3. The number of benzene rings is 1. The molecule has 0 aromatic heterocycles. The van der Waals surface area contributed by atoms with Crippen LogP contribution in [-0.4, -0.2) is 77.2 Å². The molecule has 0 radical (unpaired) electrons. The van der Waals surface area contributed by atoms with Gasteiger partial charge in [0.25, 0.3) is 5.91 Å². The topological polar surface area (TPSA) is 96.4 Å². The molecule has 6 atom stereocenters. The Labute approximate surface area is 210 Å². The number of aliphatic hydroxyl groups is 1. The van der Waals surface area contributed by atoms with E-state index >= 15 is 0 Å². The summed E-state index contributed by atoms with van der Waals surface area (Å²) in [6.07, 6.45) is 2.77. The van der Waals surface area contributed by atoms with Crippen molar-refractivity contribution in [2.24, 2.45) is 17.8 Å². The van der Waals surface area contributed by atoms with Crippen molar-refractivity contribution in [2.75, 3.05) is 38.3 Å². The summed E-state index contributed by atoms with van der Waals surface area (Å²) in [5, 5.41) is 9.46. The normalized spacial score (nSPS) is 30.8. The molecule has 0 saturated carbocycles. The Morgan fingerprint density at radius 1 is 1.34 bits per heavy atom. The monoisotopic (exact) mass is 502 g/mol. The molecule has 3 aliphatic rings. The molecule has 2 bridgehead atoms. The van der Waals surface area contributed by atoms with E-state index in [1.807, 2.05) is 12.1 Å². The van der Waals surface area contributed by atoms with Gasteiger partial charge in [0.2, 0.25) is 5.91 Å². The van der Waals surface area contributed by atoms with E-state index in [4.69, 9.17) is 9.47 Å². The molecule has 1 spiro atoms. The van der Waals surface area contributed by atoms with Crippen LogP contribution in [0.1, 0.15) is 26.7 Å². The summed E-state index contributed by atoms with van der Waals surface area (Å²) in [5.74, 6) is -1.19. The maximum absolute atomic E-state index is 14.3. The molecule has 3 saturated heterocycles. The molecule has 4 rings (SSSR count). The molecule has 35 heavy (non-hydrogen) atoms. The van der Waals surface area contributed by atoms with E-state index in [0.29, 0.717) is 17.9 Å². The number of aliphatic hydroxyl groups excluding tert-OH is 1. The molecule has 9 heteroatoms. The summed E-state index contributed by atoms with van der Waals surface area (Å²) in [4.78, 5) is 44.4. The SMILES string of the molecule is C=CCN(C(=O)C1N(CCCO)C(=O)[C@@H]2[C@H](C(=O)OCC)[C@@H]3CC(C)C12S3)c1ccc(OC)cc1. The van der Waals surface area contributed by atoms with E-state index in [9.17, 15) is 19.5 Å². The van der Waals surface area contributed by atoms with Crippen LogP contribution in [0, 0.1) is 17.8 Å². The molecule has 190 valence electrons. The highest BCUT2D eigenvalue weighted by molar-refractivity contribution is 8.02. The third-order valence-electron chi connectivity index (χ3n) is 7.56. The number of anilines is 1. The first-order valence-electron chi connectivity index (χ1n) is 12.2. The van der Waals surface area contributed by atoms with E-state index in [1.165, 1.54) is 0 Å². The van der Waals surface area contributed by atoms with Crippen molar-refractivity contribution in [1.82, 2.24) is 4.90 Å². The summed E-state index contributed by atoms with van der Waals surface area (Å²) in [7, 11) is 1.58. The first kappa shape index (κ1) is 25.6. The number of esters is 1. The van der Waals surface area contributed by atoms with Gasteiger partial charge in [0.15, 0.2) is 0 Å². The Morgan fingerprint density at radius 2 is 2.06 bits per heavy atom. The zero-order valence-corrected chi connectivity index (χ0v) is 21.3. The fourth-order valence-electron chi connectivity index (χ4n) is 6.15. The summed E-state index contributed by atoms with van der Waals surface area (Å²) >= 11 is 1.61. The van der Waals surface area contributed by atoms with Crippen LogP contribution in [0.3, 0.4) is 0 Å². The van der Waals surface area contributed by atoms with E-state index in [0.717, 1.165) is 6.42 Å². The Kier molecular flexibility index (Phi) is 7.47. The van der Waals surface area contributed by atoms with Crippen LogP contribution in [0.15, 0.2) is 36.9 Å². The average Bonchev–Trinajstić information content (AvgIpc) is 3.44. The predicted octanol–water partition coefficient (Wildman–Crippen LogP) is 2.50. The van der Waals surface area contributed by atoms with Crippen molar-refractivity contribution in [3.63, 3.8) is 0 Å². The molecule has 3 fully saturated rings. The molecule has 1 aromatic rings. The molecule has 3 aliphatic heterocycles. The standard InChI is InChI=1S/C26H34N2O6S/c1-5-12-27(17-8-10-18(33-4)11-9-17)24(31)22-26-16(3)15-19(35-26)20(25(32)34-6-2)21(26)23(30)28(22)13-7-14-29/h5,8-11,16,19-22,29H,1,6-7,12-15H2,2-4H3/t16?,19-,20+,21-,22?,26?/m0/s1. The number of carbonyl (C=O) groups is 3. The van der Waals surface area contributed by atoms with Gasteiger partial charge in [-0.05, 0) is 49.9 Å². The Morgan fingerprint density at radius 3 is 2.66 bits per heavy atom. The zero-order chi connectivity index (χ0) is 25.3. The minimum Gasteiger partial charge on any atom is -0.497 e. The number of ether oxygens (including phenoxy) is 2. The van der Waals surface area contributed by atoms with Crippen molar-refractivity contribution in [3.05, 3.63) is 36.9 Å². The molecule has 1 aromatic carbocycles. The van der Waals surface area contributed by atoms with Crippen LogP contribution >= 0.6 is 11.8 Å². The Bertz CT molecular complexity index is 985. The molecule has 8 nitrogen and oxygen atoms in total. The number of thioether (sulfide) groups is 1. The highest BCUT2D eigenvalue weighted by Crippen LogP contribution is 2.68. The van der Waals surface area contributed by atoms with E-state index < -0.39 is 22.6 Å². The Hall–Kier alpha value is -2.52. The second-order valence-corrected chi connectivity index (χ2v) is 10.9. The van der Waals surface area contributed by atoms with E-state index in [1.54, 1.807) is 53.8 Å². The number of rotatable bonds is 10. The lowest BCUT2D eigenvalue weighted by molar-refractivity contribution is -0.154. The van der Waals surface area contributed by atoms with Crippen LogP contribution in [0.4, 0.5) is 5.69 Å². The maximum Gasteiger partial charge on any atom is 0.310 e. The fraction of sp³-hybridized carbons (Fsp3) is 0.577. The zero-order valence-electron chi connectivity index (χ0n) is 20.5. The van der Waals surface area contributed by atoms with Crippen LogP contribution < -0.4 is 9.64 Å². The highest BCUT2D eigenvalue weighted by Gasteiger charge is 2.76. The lowest BCUT2D eigenvalue weighted by Crippen LogP contribution is -2.57. The minimum absolute atomic E-state index is 0.0536.